The number of aromatic nitrogens is 3. The lowest BCUT2D eigenvalue weighted by Crippen LogP contribution is -1.97. The number of benzene rings is 4. The highest BCUT2D eigenvalue weighted by Gasteiger charge is 2.18. The minimum Gasteiger partial charge on any atom is -0.294 e. The molecule has 0 aliphatic heterocycles. The van der Waals surface area contributed by atoms with Crippen molar-refractivity contribution >= 4 is 59.2 Å². The molecule has 8 aromatic rings. The lowest BCUT2D eigenvalue weighted by atomic mass is 10.0. The number of para-hydroxylation sites is 1. The van der Waals surface area contributed by atoms with Crippen molar-refractivity contribution in [2.24, 2.45) is 0 Å². The third-order valence-electron chi connectivity index (χ3n) is 6.96. The van der Waals surface area contributed by atoms with Crippen molar-refractivity contribution in [3.8, 4) is 16.8 Å². The molecule has 164 valence electrons. The molecule has 0 aliphatic rings. The van der Waals surface area contributed by atoms with Crippen LogP contribution in [0.15, 0.2) is 115 Å². The van der Waals surface area contributed by atoms with E-state index >= 15 is 0 Å². The molecular formula is C31H19N3S. The summed E-state index contributed by atoms with van der Waals surface area (Å²) >= 11 is 1.87. The number of nitrogens with zero attached hydrogens (tertiary/aromatic N) is 3. The van der Waals surface area contributed by atoms with E-state index in [2.05, 4.69) is 118 Å². The molecule has 0 spiro atoms. The van der Waals surface area contributed by atoms with Crippen molar-refractivity contribution < 1.29 is 0 Å². The van der Waals surface area contributed by atoms with E-state index in [0.717, 1.165) is 22.5 Å². The van der Waals surface area contributed by atoms with Gasteiger partial charge in [-0.1, -0.05) is 72.8 Å². The van der Waals surface area contributed by atoms with Crippen LogP contribution in [-0.4, -0.2) is 14.0 Å². The molecule has 0 radical (unpaired) electrons. The van der Waals surface area contributed by atoms with Gasteiger partial charge in [0, 0.05) is 37.4 Å². The molecule has 4 heterocycles. The summed E-state index contributed by atoms with van der Waals surface area (Å²) in [4.78, 5) is 4.95. The maximum Gasteiger partial charge on any atom is 0.150 e. The molecule has 35 heavy (non-hydrogen) atoms. The Bertz CT molecular complexity index is 2050. The summed E-state index contributed by atoms with van der Waals surface area (Å²) in [6.07, 6.45) is 2.09. The minimum atomic E-state index is 0.963. The van der Waals surface area contributed by atoms with Crippen LogP contribution in [0.3, 0.4) is 0 Å². The Morgan fingerprint density at radius 1 is 0.629 bits per heavy atom. The van der Waals surface area contributed by atoms with Crippen LogP contribution in [0.25, 0.3) is 64.7 Å². The number of pyridine rings is 1. The third kappa shape index (κ3) is 2.63. The summed E-state index contributed by atoms with van der Waals surface area (Å²) < 4.78 is 7.19. The van der Waals surface area contributed by atoms with Gasteiger partial charge in [-0.15, -0.1) is 11.3 Å². The lowest BCUT2D eigenvalue weighted by molar-refractivity contribution is 1.09. The number of hydrogen-bond acceptors (Lipinski definition) is 2. The van der Waals surface area contributed by atoms with Crippen LogP contribution in [0.1, 0.15) is 0 Å². The molecule has 3 nitrogen and oxygen atoms in total. The van der Waals surface area contributed by atoms with Gasteiger partial charge in [0.2, 0.25) is 0 Å². The first kappa shape index (κ1) is 19.0. The smallest absolute Gasteiger partial charge is 0.150 e. The Hall–Kier alpha value is -4.41. The first-order chi connectivity index (χ1) is 17.4. The number of imidazole rings is 1. The van der Waals surface area contributed by atoms with Crippen LogP contribution in [0, 0.1) is 0 Å². The van der Waals surface area contributed by atoms with E-state index in [0.29, 0.717) is 0 Å². The highest BCUT2D eigenvalue weighted by molar-refractivity contribution is 7.26. The van der Waals surface area contributed by atoms with E-state index in [4.69, 9.17) is 4.98 Å². The zero-order chi connectivity index (χ0) is 22.9. The zero-order valence-electron chi connectivity index (χ0n) is 18.7. The van der Waals surface area contributed by atoms with Crippen LogP contribution < -0.4 is 0 Å². The summed E-state index contributed by atoms with van der Waals surface area (Å²) in [5.41, 5.74) is 7.91. The number of fused-ring (bicyclic) bond motifs is 8. The quantitative estimate of drug-likeness (QED) is 0.251. The Balaban J connectivity index is 1.35. The second-order valence-electron chi connectivity index (χ2n) is 8.89. The van der Waals surface area contributed by atoms with Gasteiger partial charge in [0.05, 0.1) is 5.52 Å². The van der Waals surface area contributed by atoms with Gasteiger partial charge in [-0.3, -0.25) is 8.97 Å². The molecular weight excluding hydrogens is 446 g/mol. The molecule has 4 aromatic carbocycles. The normalized spacial score (nSPS) is 12.0. The monoisotopic (exact) mass is 465 g/mol. The van der Waals surface area contributed by atoms with Crippen molar-refractivity contribution in [1.29, 1.82) is 0 Å². The first-order valence-corrected chi connectivity index (χ1v) is 12.6. The fourth-order valence-corrected chi connectivity index (χ4v) is 6.62. The van der Waals surface area contributed by atoms with Crippen LogP contribution in [0.5, 0.6) is 0 Å². The first-order valence-electron chi connectivity index (χ1n) is 11.7. The number of thiophene rings is 1. The topological polar surface area (TPSA) is 22.2 Å². The third-order valence-corrected chi connectivity index (χ3v) is 8.18. The Morgan fingerprint density at radius 3 is 2.31 bits per heavy atom. The van der Waals surface area contributed by atoms with Crippen molar-refractivity contribution in [2.45, 2.75) is 0 Å². The molecule has 4 aromatic heterocycles. The minimum absolute atomic E-state index is 0.963. The van der Waals surface area contributed by atoms with E-state index in [-0.39, 0.29) is 0 Å². The molecule has 0 saturated heterocycles. The van der Waals surface area contributed by atoms with Crippen LogP contribution in [0.4, 0.5) is 0 Å². The molecule has 0 atom stereocenters. The molecule has 0 aliphatic carbocycles. The van der Waals surface area contributed by atoms with E-state index < -0.39 is 0 Å². The highest BCUT2D eigenvalue weighted by atomic mass is 32.1. The summed E-state index contributed by atoms with van der Waals surface area (Å²) in [6, 6.07) is 39.0. The molecule has 8 rings (SSSR count). The van der Waals surface area contributed by atoms with Gasteiger partial charge in [-0.05, 0) is 47.5 Å². The predicted molar refractivity (Wildman–Crippen MR) is 148 cm³/mol. The van der Waals surface area contributed by atoms with Crippen molar-refractivity contribution in [2.75, 3.05) is 0 Å². The Morgan fingerprint density at radius 2 is 1.40 bits per heavy atom. The van der Waals surface area contributed by atoms with E-state index in [1.54, 1.807) is 0 Å². The van der Waals surface area contributed by atoms with E-state index in [9.17, 15) is 0 Å². The summed E-state index contributed by atoms with van der Waals surface area (Å²) in [5.74, 6) is 0. The van der Waals surface area contributed by atoms with Gasteiger partial charge >= 0.3 is 0 Å². The molecule has 0 amide bonds. The van der Waals surface area contributed by atoms with E-state index in [1.165, 1.54) is 42.2 Å². The van der Waals surface area contributed by atoms with Gasteiger partial charge < -0.3 is 0 Å². The van der Waals surface area contributed by atoms with E-state index in [1.807, 2.05) is 17.4 Å². The molecule has 4 heteroatoms. The average Bonchev–Trinajstić information content (AvgIpc) is 3.58. The highest BCUT2D eigenvalue weighted by Crippen LogP contribution is 2.40. The second-order valence-corrected chi connectivity index (χ2v) is 9.94. The van der Waals surface area contributed by atoms with Crippen LogP contribution in [-0.2, 0) is 0 Å². The van der Waals surface area contributed by atoms with Gasteiger partial charge in [-0.2, -0.15) is 0 Å². The van der Waals surface area contributed by atoms with Crippen molar-refractivity contribution in [3.63, 3.8) is 0 Å². The standard InChI is InChI=1S/C31H19N3S/c1-3-12-26-25(9-1)29-31(33-19-6-5-14-28(33)32-29)34(26)21-17-15-20(16-18-21)22-10-7-11-24-23-8-2-4-13-27(23)35-30(22)24/h1-19H. The molecule has 0 unspecified atom stereocenters. The summed E-state index contributed by atoms with van der Waals surface area (Å²) in [5, 5.41) is 3.83. The maximum absolute atomic E-state index is 4.95. The molecule has 0 bridgehead atoms. The van der Waals surface area contributed by atoms with Crippen molar-refractivity contribution in [1.82, 2.24) is 14.0 Å². The molecule has 0 fully saturated rings. The van der Waals surface area contributed by atoms with Crippen molar-refractivity contribution in [3.05, 3.63) is 115 Å². The van der Waals surface area contributed by atoms with Gasteiger partial charge in [0.15, 0.2) is 5.65 Å². The van der Waals surface area contributed by atoms with Gasteiger partial charge in [0.1, 0.15) is 11.2 Å². The zero-order valence-corrected chi connectivity index (χ0v) is 19.5. The number of rotatable bonds is 2. The largest absolute Gasteiger partial charge is 0.294 e. The maximum atomic E-state index is 4.95. The van der Waals surface area contributed by atoms with Crippen LogP contribution >= 0.6 is 11.3 Å². The molecule has 0 saturated carbocycles. The SMILES string of the molecule is c1ccc2c(c1)sc1c(-c3ccc(-n4c5ccccc5c5nc6ccccn6c54)cc3)cccc12. The Kier molecular flexibility index (Phi) is 3.82. The van der Waals surface area contributed by atoms with Crippen LogP contribution in [0.2, 0.25) is 0 Å². The summed E-state index contributed by atoms with van der Waals surface area (Å²) in [6.45, 7) is 0. The fraction of sp³-hybridized carbons (Fsp3) is 0. The molecule has 0 N–H and O–H groups in total. The predicted octanol–water partition coefficient (Wildman–Crippen LogP) is 8.47. The Labute approximate surface area is 205 Å². The fourth-order valence-electron chi connectivity index (χ4n) is 5.39. The van der Waals surface area contributed by atoms with Gasteiger partial charge in [0.25, 0.3) is 0 Å². The van der Waals surface area contributed by atoms with Gasteiger partial charge in [-0.25, -0.2) is 4.98 Å². The average molecular weight is 466 g/mol. The lowest BCUT2D eigenvalue weighted by Gasteiger charge is -2.10. The number of hydrogen-bond donors (Lipinski definition) is 0. The summed E-state index contributed by atoms with van der Waals surface area (Å²) in [7, 11) is 0. The second kappa shape index (κ2) is 7.05.